The van der Waals surface area contributed by atoms with Crippen LogP contribution in [0.25, 0.3) is 0 Å². The highest BCUT2D eigenvalue weighted by Gasteiger charge is 2.31. The number of anilines is 1. The van der Waals surface area contributed by atoms with Crippen LogP contribution in [0, 0.1) is 0 Å². The van der Waals surface area contributed by atoms with Crippen LogP contribution in [-0.4, -0.2) is 47.2 Å². The van der Waals surface area contributed by atoms with E-state index in [4.69, 9.17) is 22.1 Å². The Morgan fingerprint density at radius 3 is 2.56 bits per heavy atom. The summed E-state index contributed by atoms with van der Waals surface area (Å²) < 4.78 is 5.48. The van der Waals surface area contributed by atoms with E-state index in [0.29, 0.717) is 11.1 Å². The lowest BCUT2D eigenvalue weighted by molar-refractivity contribution is 0.0134. The van der Waals surface area contributed by atoms with Crippen molar-refractivity contribution < 1.29 is 9.53 Å². The van der Waals surface area contributed by atoms with Crippen molar-refractivity contribution in [2.75, 3.05) is 25.4 Å². The molecule has 1 fully saturated rings. The van der Waals surface area contributed by atoms with Gasteiger partial charge < -0.3 is 15.4 Å². The molecule has 0 bridgehead atoms. The number of likely N-dealkylation sites (tertiary alicyclic amines) is 1. The minimum Gasteiger partial charge on any atom is -0.444 e. The van der Waals surface area contributed by atoms with Gasteiger partial charge in [0.1, 0.15) is 5.60 Å². The first-order valence-electron chi connectivity index (χ1n) is 9.02. The standard InChI is InChI=1S/C19H28ClN3O2/c1-19(2,3)25-18(24)22-7-4-15(5-8-22)23-9-6-16-13(12-23)10-14(20)11-17(16)21/h10-11,15H,4-9,12,21H2,1-3H3. The van der Waals surface area contributed by atoms with Gasteiger partial charge in [-0.05, 0) is 63.3 Å². The first-order chi connectivity index (χ1) is 11.7. The quantitative estimate of drug-likeness (QED) is 0.771. The molecular formula is C19H28ClN3O2. The zero-order chi connectivity index (χ0) is 18.2. The highest BCUT2D eigenvalue weighted by Crippen LogP contribution is 2.31. The smallest absolute Gasteiger partial charge is 0.410 e. The van der Waals surface area contributed by atoms with Crippen molar-refractivity contribution >= 4 is 23.4 Å². The van der Waals surface area contributed by atoms with Gasteiger partial charge in [0.15, 0.2) is 0 Å². The summed E-state index contributed by atoms with van der Waals surface area (Å²) in [6.45, 7) is 9.10. The van der Waals surface area contributed by atoms with E-state index >= 15 is 0 Å². The number of fused-ring (bicyclic) bond motifs is 1. The average Bonchev–Trinajstić information content (AvgIpc) is 2.52. The number of benzene rings is 1. The van der Waals surface area contributed by atoms with E-state index in [0.717, 1.165) is 51.1 Å². The number of halogens is 1. The maximum Gasteiger partial charge on any atom is 0.410 e. The largest absolute Gasteiger partial charge is 0.444 e. The summed E-state index contributed by atoms with van der Waals surface area (Å²) in [5.41, 5.74) is 8.96. The second-order valence-corrected chi connectivity index (χ2v) is 8.49. The molecule has 1 aromatic carbocycles. The molecule has 0 radical (unpaired) electrons. The van der Waals surface area contributed by atoms with Crippen LogP contribution in [0.3, 0.4) is 0 Å². The maximum atomic E-state index is 12.2. The van der Waals surface area contributed by atoms with Crippen molar-refractivity contribution in [1.29, 1.82) is 0 Å². The maximum absolute atomic E-state index is 12.2. The zero-order valence-electron chi connectivity index (χ0n) is 15.3. The van der Waals surface area contributed by atoms with Gasteiger partial charge in [-0.25, -0.2) is 4.79 Å². The molecule has 5 nitrogen and oxygen atoms in total. The lowest BCUT2D eigenvalue weighted by Crippen LogP contribution is -2.49. The Morgan fingerprint density at radius 1 is 1.24 bits per heavy atom. The lowest BCUT2D eigenvalue weighted by atomic mass is 9.94. The van der Waals surface area contributed by atoms with Gasteiger partial charge in [0.2, 0.25) is 0 Å². The van der Waals surface area contributed by atoms with E-state index in [-0.39, 0.29) is 6.09 Å². The Bertz CT molecular complexity index is 649. The highest BCUT2D eigenvalue weighted by atomic mass is 35.5. The van der Waals surface area contributed by atoms with E-state index in [9.17, 15) is 4.79 Å². The molecule has 1 saturated heterocycles. The third kappa shape index (κ3) is 4.39. The van der Waals surface area contributed by atoms with Crippen molar-refractivity contribution in [3.05, 3.63) is 28.3 Å². The number of ether oxygens (including phenoxy) is 1. The number of rotatable bonds is 1. The van der Waals surface area contributed by atoms with Crippen LogP contribution in [-0.2, 0) is 17.7 Å². The highest BCUT2D eigenvalue weighted by molar-refractivity contribution is 6.31. The summed E-state index contributed by atoms with van der Waals surface area (Å²) >= 11 is 6.17. The fourth-order valence-electron chi connectivity index (χ4n) is 3.77. The molecule has 138 valence electrons. The second-order valence-electron chi connectivity index (χ2n) is 8.05. The minimum absolute atomic E-state index is 0.200. The number of nitrogens with zero attached hydrogens (tertiary/aromatic N) is 2. The Balaban J connectivity index is 1.58. The van der Waals surface area contributed by atoms with E-state index in [1.54, 1.807) is 0 Å². The predicted molar refractivity (Wildman–Crippen MR) is 101 cm³/mol. The second kappa shape index (κ2) is 7.04. The number of nitrogens with two attached hydrogens (primary N) is 1. The molecule has 2 aliphatic rings. The first kappa shape index (κ1) is 18.3. The molecule has 0 aromatic heterocycles. The molecule has 0 saturated carbocycles. The third-order valence-electron chi connectivity index (χ3n) is 5.00. The molecule has 1 aromatic rings. The molecular weight excluding hydrogens is 338 g/mol. The van der Waals surface area contributed by atoms with E-state index in [1.165, 1.54) is 11.1 Å². The van der Waals surface area contributed by atoms with Gasteiger partial charge in [0, 0.05) is 42.9 Å². The number of amides is 1. The van der Waals surface area contributed by atoms with Crippen LogP contribution in [0.4, 0.5) is 10.5 Å². The minimum atomic E-state index is -0.441. The number of carbonyl (C=O) groups is 1. The van der Waals surface area contributed by atoms with Crippen LogP contribution in [0.1, 0.15) is 44.7 Å². The molecule has 2 heterocycles. The average molecular weight is 366 g/mol. The van der Waals surface area contributed by atoms with Crippen LogP contribution in [0.5, 0.6) is 0 Å². The fourth-order valence-corrected chi connectivity index (χ4v) is 4.02. The number of carbonyl (C=O) groups excluding carboxylic acids is 1. The summed E-state index contributed by atoms with van der Waals surface area (Å²) in [6.07, 6.45) is 2.72. The molecule has 0 unspecified atom stereocenters. The molecule has 0 atom stereocenters. The Hall–Kier alpha value is -1.46. The summed E-state index contributed by atoms with van der Waals surface area (Å²) in [5.74, 6) is 0. The van der Waals surface area contributed by atoms with Gasteiger partial charge in [-0.15, -0.1) is 0 Å². The summed E-state index contributed by atoms with van der Waals surface area (Å²) in [6, 6.07) is 4.37. The van der Waals surface area contributed by atoms with Gasteiger partial charge >= 0.3 is 6.09 Å². The summed E-state index contributed by atoms with van der Waals surface area (Å²) in [4.78, 5) is 16.5. The van der Waals surface area contributed by atoms with Crippen molar-refractivity contribution in [3.63, 3.8) is 0 Å². The number of hydrogen-bond acceptors (Lipinski definition) is 4. The Morgan fingerprint density at radius 2 is 1.92 bits per heavy atom. The molecule has 0 aliphatic carbocycles. The van der Waals surface area contributed by atoms with E-state index in [1.807, 2.05) is 37.8 Å². The zero-order valence-corrected chi connectivity index (χ0v) is 16.1. The Labute approximate surface area is 155 Å². The van der Waals surface area contributed by atoms with Crippen molar-refractivity contribution in [1.82, 2.24) is 9.80 Å². The lowest BCUT2D eigenvalue weighted by Gasteiger charge is -2.41. The number of hydrogen-bond donors (Lipinski definition) is 1. The third-order valence-corrected chi connectivity index (χ3v) is 5.21. The normalized spacial score (nSPS) is 19.6. The molecule has 2 N–H and O–H groups in total. The van der Waals surface area contributed by atoms with Crippen molar-refractivity contribution in [2.45, 2.75) is 58.2 Å². The van der Waals surface area contributed by atoms with Crippen LogP contribution in [0.2, 0.25) is 5.02 Å². The SMILES string of the molecule is CC(C)(C)OC(=O)N1CCC(N2CCc3c(N)cc(Cl)cc3C2)CC1. The van der Waals surface area contributed by atoms with Crippen LogP contribution >= 0.6 is 11.6 Å². The number of piperidine rings is 1. The first-order valence-corrected chi connectivity index (χ1v) is 9.39. The van der Waals surface area contributed by atoms with Gasteiger partial charge in [0.25, 0.3) is 0 Å². The topological polar surface area (TPSA) is 58.8 Å². The molecule has 3 rings (SSSR count). The summed E-state index contributed by atoms with van der Waals surface area (Å²) in [5, 5.41) is 0.706. The van der Waals surface area contributed by atoms with Crippen LogP contribution in [0.15, 0.2) is 12.1 Å². The van der Waals surface area contributed by atoms with Crippen LogP contribution < -0.4 is 5.73 Å². The van der Waals surface area contributed by atoms with Gasteiger partial charge in [0.05, 0.1) is 0 Å². The number of nitrogen functional groups attached to an aromatic ring is 1. The Kier molecular flexibility index (Phi) is 5.16. The van der Waals surface area contributed by atoms with E-state index in [2.05, 4.69) is 4.90 Å². The molecule has 6 heteroatoms. The van der Waals surface area contributed by atoms with Gasteiger partial charge in [-0.3, -0.25) is 4.90 Å². The molecule has 0 spiro atoms. The van der Waals surface area contributed by atoms with Crippen molar-refractivity contribution in [3.8, 4) is 0 Å². The van der Waals surface area contributed by atoms with Gasteiger partial charge in [-0.2, -0.15) is 0 Å². The monoisotopic (exact) mass is 365 g/mol. The predicted octanol–water partition coefficient (Wildman–Crippen LogP) is 3.68. The van der Waals surface area contributed by atoms with Gasteiger partial charge in [-0.1, -0.05) is 11.6 Å². The summed E-state index contributed by atoms with van der Waals surface area (Å²) in [7, 11) is 0. The molecule has 1 amide bonds. The van der Waals surface area contributed by atoms with Crippen molar-refractivity contribution in [2.24, 2.45) is 0 Å². The van der Waals surface area contributed by atoms with E-state index < -0.39 is 5.60 Å². The molecule has 25 heavy (non-hydrogen) atoms. The molecule has 2 aliphatic heterocycles. The fraction of sp³-hybridized carbons (Fsp3) is 0.632.